The third kappa shape index (κ3) is 2.86. The average molecular weight is 332 g/mol. The average Bonchev–Trinajstić information content (AvgIpc) is 2.79. The van der Waals surface area contributed by atoms with E-state index in [4.69, 9.17) is 11.6 Å². The Balaban J connectivity index is 2.25. The Bertz CT molecular complexity index is 557. The van der Waals surface area contributed by atoms with Gasteiger partial charge in [-0.25, -0.2) is 0 Å². The van der Waals surface area contributed by atoms with Crippen LogP contribution in [0.4, 0.5) is 5.69 Å². The van der Waals surface area contributed by atoms with E-state index in [9.17, 15) is 4.79 Å². The van der Waals surface area contributed by atoms with Gasteiger partial charge in [-0.3, -0.25) is 9.78 Å². The van der Waals surface area contributed by atoms with Gasteiger partial charge in [-0.15, -0.1) is 11.3 Å². The minimum Gasteiger partial charge on any atom is -0.320 e. The minimum absolute atomic E-state index is 0.187. The molecule has 0 atom stereocenters. The summed E-state index contributed by atoms with van der Waals surface area (Å²) in [5.74, 6) is -0.187. The van der Waals surface area contributed by atoms with Crippen LogP contribution in [0.25, 0.3) is 0 Å². The summed E-state index contributed by atoms with van der Waals surface area (Å²) in [6.07, 6.45) is 1.53. The maximum atomic E-state index is 11.8. The lowest BCUT2D eigenvalue weighted by Gasteiger charge is -2.08. The molecule has 0 bridgehead atoms. The van der Waals surface area contributed by atoms with Gasteiger partial charge in [-0.05, 0) is 40.5 Å². The molecule has 1 heterocycles. The number of rotatable bonds is 2. The van der Waals surface area contributed by atoms with E-state index >= 15 is 0 Å². The number of hydrogen-bond donors (Lipinski definition) is 1. The van der Waals surface area contributed by atoms with Crippen LogP contribution in [0.15, 0.2) is 28.3 Å². The van der Waals surface area contributed by atoms with Crippen molar-refractivity contribution in [2.45, 2.75) is 6.92 Å². The Kier molecular flexibility index (Phi) is 3.81. The zero-order chi connectivity index (χ0) is 12.4. The smallest absolute Gasteiger partial charge is 0.267 e. The van der Waals surface area contributed by atoms with Crippen LogP contribution in [-0.2, 0) is 0 Å². The first-order chi connectivity index (χ1) is 8.08. The molecule has 0 saturated heterocycles. The number of thiazole rings is 1. The molecule has 88 valence electrons. The fraction of sp³-hybridized carbons (Fsp3) is 0.0909. The van der Waals surface area contributed by atoms with Crippen molar-refractivity contribution < 1.29 is 4.79 Å². The summed E-state index contributed by atoms with van der Waals surface area (Å²) in [4.78, 5) is 16.2. The molecule has 17 heavy (non-hydrogen) atoms. The second kappa shape index (κ2) is 5.16. The minimum atomic E-state index is -0.187. The molecule has 2 aromatic rings. The SMILES string of the molecule is Cc1cc(Br)c(NC(=O)c2cncs2)cc1Cl. The van der Waals surface area contributed by atoms with Crippen molar-refractivity contribution in [1.82, 2.24) is 4.98 Å². The second-order valence-corrected chi connectivity index (χ2v) is 5.55. The van der Waals surface area contributed by atoms with Gasteiger partial charge in [-0.2, -0.15) is 0 Å². The Morgan fingerprint density at radius 2 is 2.29 bits per heavy atom. The van der Waals surface area contributed by atoms with Gasteiger partial charge in [0.2, 0.25) is 0 Å². The zero-order valence-corrected chi connectivity index (χ0v) is 12.0. The van der Waals surface area contributed by atoms with Gasteiger partial charge in [0.25, 0.3) is 5.91 Å². The van der Waals surface area contributed by atoms with Gasteiger partial charge in [0.15, 0.2) is 0 Å². The maximum Gasteiger partial charge on any atom is 0.267 e. The highest BCUT2D eigenvalue weighted by Gasteiger charge is 2.11. The monoisotopic (exact) mass is 330 g/mol. The lowest BCUT2D eigenvalue weighted by molar-refractivity contribution is 0.103. The number of nitrogens with zero attached hydrogens (tertiary/aromatic N) is 1. The molecule has 0 aliphatic heterocycles. The van der Waals surface area contributed by atoms with Crippen molar-refractivity contribution in [3.63, 3.8) is 0 Å². The fourth-order valence-electron chi connectivity index (χ4n) is 1.25. The molecular formula is C11H8BrClN2OS. The van der Waals surface area contributed by atoms with E-state index < -0.39 is 0 Å². The number of aromatic nitrogens is 1. The summed E-state index contributed by atoms with van der Waals surface area (Å²) < 4.78 is 0.803. The summed E-state index contributed by atoms with van der Waals surface area (Å²) >= 11 is 10.7. The first kappa shape index (κ1) is 12.5. The number of benzene rings is 1. The molecule has 0 saturated carbocycles. The molecule has 3 nitrogen and oxygen atoms in total. The molecule has 2 rings (SSSR count). The van der Waals surface area contributed by atoms with Crippen LogP contribution < -0.4 is 5.32 Å². The normalized spacial score (nSPS) is 10.3. The van der Waals surface area contributed by atoms with Gasteiger partial charge in [0.05, 0.1) is 17.4 Å². The topological polar surface area (TPSA) is 42.0 Å². The molecule has 1 aromatic heterocycles. The summed E-state index contributed by atoms with van der Waals surface area (Å²) in [7, 11) is 0. The largest absolute Gasteiger partial charge is 0.320 e. The quantitative estimate of drug-likeness (QED) is 0.899. The van der Waals surface area contributed by atoms with E-state index in [1.807, 2.05) is 13.0 Å². The van der Waals surface area contributed by atoms with E-state index in [1.54, 1.807) is 11.6 Å². The van der Waals surface area contributed by atoms with E-state index in [2.05, 4.69) is 26.2 Å². The maximum absolute atomic E-state index is 11.8. The van der Waals surface area contributed by atoms with Crippen molar-refractivity contribution in [1.29, 1.82) is 0 Å². The molecule has 1 aromatic carbocycles. The molecule has 1 amide bonds. The highest BCUT2D eigenvalue weighted by molar-refractivity contribution is 9.10. The van der Waals surface area contributed by atoms with Crippen molar-refractivity contribution in [3.05, 3.63) is 43.8 Å². The first-order valence-corrected chi connectivity index (χ1v) is 6.78. The molecule has 0 aliphatic carbocycles. The van der Waals surface area contributed by atoms with E-state index in [-0.39, 0.29) is 5.91 Å². The third-order valence-electron chi connectivity index (χ3n) is 2.15. The first-order valence-electron chi connectivity index (χ1n) is 4.73. The van der Waals surface area contributed by atoms with Crippen molar-refractivity contribution >= 4 is 50.5 Å². The summed E-state index contributed by atoms with van der Waals surface area (Å²) in [6, 6.07) is 3.59. The lowest BCUT2D eigenvalue weighted by atomic mass is 10.2. The number of nitrogens with one attached hydrogen (secondary N) is 1. The van der Waals surface area contributed by atoms with Crippen molar-refractivity contribution in [3.8, 4) is 0 Å². The molecular weight excluding hydrogens is 324 g/mol. The lowest BCUT2D eigenvalue weighted by Crippen LogP contribution is -2.10. The number of aryl methyl sites for hydroxylation is 1. The predicted octanol–water partition coefficient (Wildman–Crippen LogP) is 4.12. The number of carbonyl (C=O) groups is 1. The van der Waals surface area contributed by atoms with Crippen LogP contribution in [-0.4, -0.2) is 10.9 Å². The Morgan fingerprint density at radius 3 is 2.94 bits per heavy atom. The van der Waals surface area contributed by atoms with E-state index in [0.29, 0.717) is 15.6 Å². The standard InChI is InChI=1S/C11H8BrClN2OS/c1-6-2-7(12)9(3-8(6)13)15-11(16)10-4-14-5-17-10/h2-5H,1H3,(H,15,16). The molecule has 0 aliphatic rings. The molecule has 6 heteroatoms. The Hall–Kier alpha value is -0.910. The molecule has 0 radical (unpaired) electrons. The third-order valence-corrected chi connectivity index (χ3v) is 3.99. The second-order valence-electron chi connectivity index (χ2n) is 3.40. The van der Waals surface area contributed by atoms with Gasteiger partial charge >= 0.3 is 0 Å². The predicted molar refractivity (Wildman–Crippen MR) is 74.0 cm³/mol. The van der Waals surface area contributed by atoms with Crippen LogP contribution >= 0.6 is 38.9 Å². The van der Waals surface area contributed by atoms with Crippen LogP contribution in [0.1, 0.15) is 15.2 Å². The number of halogens is 2. The molecule has 0 fully saturated rings. The highest BCUT2D eigenvalue weighted by Crippen LogP contribution is 2.29. The van der Waals surface area contributed by atoms with Crippen LogP contribution in [0, 0.1) is 6.92 Å². The summed E-state index contributed by atoms with van der Waals surface area (Å²) in [5.41, 5.74) is 3.22. The summed E-state index contributed by atoms with van der Waals surface area (Å²) in [6.45, 7) is 1.90. The fourth-order valence-corrected chi connectivity index (χ4v) is 2.49. The van der Waals surface area contributed by atoms with Crippen LogP contribution in [0.3, 0.4) is 0 Å². The molecule has 0 unspecified atom stereocenters. The van der Waals surface area contributed by atoms with Gasteiger partial charge in [-0.1, -0.05) is 11.6 Å². The zero-order valence-electron chi connectivity index (χ0n) is 8.83. The highest BCUT2D eigenvalue weighted by atomic mass is 79.9. The van der Waals surface area contributed by atoms with E-state index in [1.165, 1.54) is 17.5 Å². The number of amides is 1. The Labute approximate surface area is 116 Å². The van der Waals surface area contributed by atoms with Gasteiger partial charge < -0.3 is 5.32 Å². The van der Waals surface area contributed by atoms with Crippen LogP contribution in [0.5, 0.6) is 0 Å². The number of hydrogen-bond acceptors (Lipinski definition) is 3. The molecule has 0 spiro atoms. The molecule has 1 N–H and O–H groups in total. The van der Waals surface area contributed by atoms with Gasteiger partial charge in [0, 0.05) is 9.50 Å². The van der Waals surface area contributed by atoms with Crippen molar-refractivity contribution in [2.75, 3.05) is 5.32 Å². The number of anilines is 1. The number of carbonyl (C=O) groups excluding carboxylic acids is 1. The summed E-state index contributed by atoms with van der Waals surface area (Å²) in [5, 5.41) is 3.40. The van der Waals surface area contributed by atoms with Crippen molar-refractivity contribution in [2.24, 2.45) is 0 Å². The Morgan fingerprint density at radius 1 is 1.53 bits per heavy atom. The van der Waals surface area contributed by atoms with Crippen LogP contribution in [0.2, 0.25) is 5.02 Å². The van der Waals surface area contributed by atoms with E-state index in [0.717, 1.165) is 10.0 Å². The van der Waals surface area contributed by atoms with Gasteiger partial charge in [0.1, 0.15) is 4.88 Å².